The first-order chi connectivity index (χ1) is 4.81. The predicted octanol–water partition coefficient (Wildman–Crippen LogP) is 1.99. The number of rotatable bonds is 6. The number of hydrogen-bond donors (Lipinski definition) is 1. The molecule has 0 heterocycles. The van der Waals surface area contributed by atoms with E-state index < -0.39 is 0 Å². The van der Waals surface area contributed by atoms with E-state index in [0.29, 0.717) is 0 Å². The van der Waals surface area contributed by atoms with Gasteiger partial charge in [-0.1, -0.05) is 13.8 Å². The summed E-state index contributed by atoms with van der Waals surface area (Å²) in [4.78, 5) is 0. The molecule has 0 radical (unpaired) electrons. The number of thioether (sulfide) groups is 1. The van der Waals surface area contributed by atoms with Crippen LogP contribution in [0, 0.1) is 5.92 Å². The van der Waals surface area contributed by atoms with Crippen LogP contribution in [0.25, 0.3) is 0 Å². The van der Waals surface area contributed by atoms with Crippen molar-refractivity contribution in [1.29, 1.82) is 0 Å². The van der Waals surface area contributed by atoms with Crippen molar-refractivity contribution >= 4 is 11.8 Å². The fourth-order valence-electron chi connectivity index (χ4n) is 0.869. The van der Waals surface area contributed by atoms with Gasteiger partial charge in [0.2, 0.25) is 0 Å². The second-order valence-corrected chi connectivity index (χ2v) is 3.68. The molecule has 0 amide bonds. The van der Waals surface area contributed by atoms with Crippen molar-refractivity contribution in [2.24, 2.45) is 5.92 Å². The molecule has 0 aliphatic carbocycles. The Balaban J connectivity index is 2.97. The van der Waals surface area contributed by atoms with Crippen molar-refractivity contribution in [3.05, 3.63) is 0 Å². The average Bonchev–Trinajstić information content (AvgIpc) is 1.89. The van der Waals surface area contributed by atoms with E-state index in [2.05, 4.69) is 25.4 Å². The van der Waals surface area contributed by atoms with Crippen LogP contribution in [0.15, 0.2) is 0 Å². The maximum Gasteiger partial charge on any atom is -0.00153 e. The predicted molar refractivity (Wildman–Crippen MR) is 50.7 cm³/mol. The van der Waals surface area contributed by atoms with Crippen LogP contribution in [0.4, 0.5) is 0 Å². The number of nitrogens with one attached hydrogen (secondary N) is 1. The molecule has 0 aromatic rings. The minimum absolute atomic E-state index is 0.821. The normalized spacial score (nSPS) is 13.5. The van der Waals surface area contributed by atoms with Crippen LogP contribution in [-0.4, -0.2) is 25.1 Å². The SMILES string of the molecule is CCCNCC(C)CSC. The summed E-state index contributed by atoms with van der Waals surface area (Å²) >= 11 is 1.93. The molecular formula is C8H19NS. The van der Waals surface area contributed by atoms with Gasteiger partial charge >= 0.3 is 0 Å². The van der Waals surface area contributed by atoms with Crippen LogP contribution in [0.3, 0.4) is 0 Å². The van der Waals surface area contributed by atoms with E-state index in [4.69, 9.17) is 0 Å². The van der Waals surface area contributed by atoms with Crippen LogP contribution in [0.2, 0.25) is 0 Å². The van der Waals surface area contributed by atoms with Crippen molar-refractivity contribution in [1.82, 2.24) is 5.32 Å². The maximum absolute atomic E-state index is 3.41. The van der Waals surface area contributed by atoms with E-state index in [9.17, 15) is 0 Å². The largest absolute Gasteiger partial charge is 0.316 e. The Hall–Kier alpha value is 0.310. The van der Waals surface area contributed by atoms with Crippen LogP contribution >= 0.6 is 11.8 Å². The Kier molecular flexibility index (Phi) is 7.65. The zero-order valence-corrected chi connectivity index (χ0v) is 8.13. The molecule has 1 atom stereocenters. The molecule has 1 nitrogen and oxygen atoms in total. The van der Waals surface area contributed by atoms with Gasteiger partial charge < -0.3 is 5.32 Å². The van der Waals surface area contributed by atoms with Gasteiger partial charge in [0.1, 0.15) is 0 Å². The summed E-state index contributed by atoms with van der Waals surface area (Å²) < 4.78 is 0. The zero-order chi connectivity index (χ0) is 7.82. The summed E-state index contributed by atoms with van der Waals surface area (Å²) in [6.45, 7) is 6.83. The lowest BCUT2D eigenvalue weighted by atomic mass is 10.2. The van der Waals surface area contributed by atoms with Crippen LogP contribution < -0.4 is 5.32 Å². The monoisotopic (exact) mass is 161 g/mol. The Bertz CT molecular complexity index is 66.3. The first kappa shape index (κ1) is 10.3. The smallest absolute Gasteiger partial charge is 0.00153 e. The van der Waals surface area contributed by atoms with Crippen LogP contribution in [0.5, 0.6) is 0 Å². The molecule has 0 fully saturated rings. The molecule has 1 unspecified atom stereocenters. The highest BCUT2D eigenvalue weighted by atomic mass is 32.2. The number of hydrogen-bond acceptors (Lipinski definition) is 2. The molecule has 62 valence electrons. The van der Waals surface area contributed by atoms with Crippen molar-refractivity contribution in [2.75, 3.05) is 25.1 Å². The van der Waals surface area contributed by atoms with E-state index in [0.717, 1.165) is 5.92 Å². The van der Waals surface area contributed by atoms with Gasteiger partial charge in [0, 0.05) is 0 Å². The molecule has 0 saturated heterocycles. The third kappa shape index (κ3) is 6.43. The highest BCUT2D eigenvalue weighted by Gasteiger charge is 1.97. The summed E-state index contributed by atoms with van der Waals surface area (Å²) in [6, 6.07) is 0. The molecular weight excluding hydrogens is 142 g/mol. The van der Waals surface area contributed by atoms with Gasteiger partial charge in [-0.2, -0.15) is 11.8 Å². The molecule has 10 heavy (non-hydrogen) atoms. The Morgan fingerprint density at radius 3 is 2.70 bits per heavy atom. The van der Waals surface area contributed by atoms with Crippen molar-refractivity contribution in [3.8, 4) is 0 Å². The summed E-state index contributed by atoms with van der Waals surface area (Å²) in [7, 11) is 0. The molecule has 0 saturated carbocycles. The average molecular weight is 161 g/mol. The van der Waals surface area contributed by atoms with E-state index in [-0.39, 0.29) is 0 Å². The van der Waals surface area contributed by atoms with Crippen molar-refractivity contribution < 1.29 is 0 Å². The second-order valence-electron chi connectivity index (χ2n) is 2.76. The van der Waals surface area contributed by atoms with E-state index in [1.807, 2.05) is 11.8 Å². The highest BCUT2D eigenvalue weighted by molar-refractivity contribution is 7.98. The third-order valence-corrected chi connectivity index (χ3v) is 2.27. The maximum atomic E-state index is 3.41. The van der Waals surface area contributed by atoms with Crippen molar-refractivity contribution in [2.45, 2.75) is 20.3 Å². The molecule has 0 rings (SSSR count). The lowest BCUT2D eigenvalue weighted by Gasteiger charge is -2.09. The minimum atomic E-state index is 0.821. The molecule has 0 aromatic heterocycles. The highest BCUT2D eigenvalue weighted by Crippen LogP contribution is 2.02. The van der Waals surface area contributed by atoms with Gasteiger partial charge in [-0.15, -0.1) is 0 Å². The Labute approximate surface area is 69.0 Å². The lowest BCUT2D eigenvalue weighted by Crippen LogP contribution is -2.22. The topological polar surface area (TPSA) is 12.0 Å². The van der Waals surface area contributed by atoms with Crippen LogP contribution in [-0.2, 0) is 0 Å². The summed E-state index contributed by atoms with van der Waals surface area (Å²) in [5.41, 5.74) is 0. The van der Waals surface area contributed by atoms with E-state index in [1.165, 1.54) is 25.3 Å². The van der Waals surface area contributed by atoms with E-state index >= 15 is 0 Å². The molecule has 0 aromatic carbocycles. The summed E-state index contributed by atoms with van der Waals surface area (Å²) in [6.07, 6.45) is 3.41. The van der Waals surface area contributed by atoms with Gasteiger partial charge in [-0.05, 0) is 37.4 Å². The van der Waals surface area contributed by atoms with E-state index in [1.54, 1.807) is 0 Å². The third-order valence-electron chi connectivity index (χ3n) is 1.37. The molecule has 0 spiro atoms. The lowest BCUT2D eigenvalue weighted by molar-refractivity contribution is 0.557. The Morgan fingerprint density at radius 1 is 1.50 bits per heavy atom. The van der Waals surface area contributed by atoms with Crippen molar-refractivity contribution in [3.63, 3.8) is 0 Å². The van der Waals surface area contributed by atoms with Gasteiger partial charge in [0.05, 0.1) is 0 Å². The first-order valence-electron chi connectivity index (χ1n) is 4.00. The quantitative estimate of drug-likeness (QED) is 0.598. The van der Waals surface area contributed by atoms with Gasteiger partial charge in [-0.3, -0.25) is 0 Å². The minimum Gasteiger partial charge on any atom is -0.316 e. The molecule has 2 heteroatoms. The first-order valence-corrected chi connectivity index (χ1v) is 5.40. The van der Waals surface area contributed by atoms with Gasteiger partial charge in [-0.25, -0.2) is 0 Å². The molecule has 0 bridgehead atoms. The van der Waals surface area contributed by atoms with Gasteiger partial charge in [0.25, 0.3) is 0 Å². The molecule has 0 aliphatic heterocycles. The summed E-state index contributed by atoms with van der Waals surface area (Å²) in [5.74, 6) is 2.10. The molecule has 1 N–H and O–H groups in total. The van der Waals surface area contributed by atoms with Gasteiger partial charge in [0.15, 0.2) is 0 Å². The standard InChI is InChI=1S/C8H19NS/c1-4-5-9-6-8(2)7-10-3/h8-9H,4-7H2,1-3H3. The van der Waals surface area contributed by atoms with Crippen LogP contribution in [0.1, 0.15) is 20.3 Å². The fourth-order valence-corrected chi connectivity index (χ4v) is 1.56. The second kappa shape index (κ2) is 7.42. The Morgan fingerprint density at radius 2 is 2.20 bits per heavy atom. The zero-order valence-electron chi connectivity index (χ0n) is 7.31. The molecule has 0 aliphatic rings. The fraction of sp³-hybridized carbons (Fsp3) is 1.00. The summed E-state index contributed by atoms with van der Waals surface area (Å²) in [5, 5.41) is 3.41.